The third-order valence-electron chi connectivity index (χ3n) is 3.61. The van der Waals surface area contributed by atoms with E-state index < -0.39 is 18.1 Å². The summed E-state index contributed by atoms with van der Waals surface area (Å²) in [5.41, 5.74) is 1.89. The smallest absolute Gasteiger partial charge is 0.326 e. The normalized spacial score (nSPS) is 18.6. The highest BCUT2D eigenvalue weighted by Crippen LogP contribution is 2.24. The molecular weight excluding hydrogens is 272 g/mol. The number of nitrogens with zero attached hydrogens (tertiary/aromatic N) is 1. The number of carboxylic acid groups (broad SMARTS) is 1. The molecule has 1 heterocycles. The Labute approximate surface area is 122 Å². The lowest BCUT2D eigenvalue weighted by Gasteiger charge is -2.36. The first-order chi connectivity index (χ1) is 9.90. The van der Waals surface area contributed by atoms with Crippen LogP contribution in [0.3, 0.4) is 0 Å². The Balaban J connectivity index is 2.26. The highest BCUT2D eigenvalue weighted by Gasteiger charge is 2.36. The van der Waals surface area contributed by atoms with E-state index in [0.29, 0.717) is 0 Å². The van der Waals surface area contributed by atoms with Gasteiger partial charge in [-0.05, 0) is 18.1 Å². The Morgan fingerprint density at radius 3 is 2.48 bits per heavy atom. The topological polar surface area (TPSA) is 86.7 Å². The average Bonchev–Trinajstić information content (AvgIpc) is 2.44. The van der Waals surface area contributed by atoms with E-state index in [1.165, 1.54) is 11.8 Å². The van der Waals surface area contributed by atoms with Crippen LogP contribution in [-0.4, -0.2) is 39.9 Å². The van der Waals surface area contributed by atoms with Crippen LogP contribution >= 0.6 is 0 Å². The van der Waals surface area contributed by atoms with Crippen LogP contribution in [-0.2, 0) is 27.3 Å². The maximum Gasteiger partial charge on any atom is 0.326 e. The third-order valence-corrected chi connectivity index (χ3v) is 3.61. The molecule has 0 saturated heterocycles. The fraction of sp³-hybridized carbons (Fsp3) is 0.400. The van der Waals surface area contributed by atoms with Crippen molar-refractivity contribution >= 4 is 17.8 Å². The number of fused-ring (bicyclic) bond motifs is 1. The predicted octanol–water partition coefficient (Wildman–Crippen LogP) is 0.549. The summed E-state index contributed by atoms with van der Waals surface area (Å²) in [4.78, 5) is 36.2. The minimum Gasteiger partial charge on any atom is -0.480 e. The van der Waals surface area contributed by atoms with Gasteiger partial charge in [0.05, 0.1) is 0 Å². The lowest BCUT2D eigenvalue weighted by atomic mass is 9.93. The van der Waals surface area contributed by atoms with E-state index in [-0.39, 0.29) is 24.8 Å². The van der Waals surface area contributed by atoms with E-state index >= 15 is 0 Å². The van der Waals surface area contributed by atoms with Crippen LogP contribution < -0.4 is 5.32 Å². The highest BCUT2D eigenvalue weighted by molar-refractivity contribution is 5.90. The van der Waals surface area contributed by atoms with E-state index in [4.69, 9.17) is 0 Å². The number of nitrogens with one attached hydrogen (secondary N) is 1. The monoisotopic (exact) mass is 290 g/mol. The molecule has 112 valence electrons. The fourth-order valence-corrected chi connectivity index (χ4v) is 2.59. The van der Waals surface area contributed by atoms with Gasteiger partial charge >= 0.3 is 5.97 Å². The van der Waals surface area contributed by atoms with Gasteiger partial charge in [0.1, 0.15) is 12.1 Å². The van der Waals surface area contributed by atoms with E-state index in [9.17, 15) is 19.5 Å². The molecule has 0 spiro atoms. The summed E-state index contributed by atoms with van der Waals surface area (Å²) < 4.78 is 0. The Morgan fingerprint density at radius 1 is 1.29 bits per heavy atom. The summed E-state index contributed by atoms with van der Waals surface area (Å²) in [5.74, 6) is -1.74. The van der Waals surface area contributed by atoms with Crippen molar-refractivity contribution in [2.75, 3.05) is 0 Å². The molecule has 6 heteroatoms. The second-order valence-corrected chi connectivity index (χ2v) is 5.22. The first-order valence-electron chi connectivity index (χ1n) is 6.77. The summed E-state index contributed by atoms with van der Waals surface area (Å²) >= 11 is 0. The number of carbonyl (C=O) groups excluding carboxylic acids is 2. The van der Waals surface area contributed by atoms with E-state index in [1.54, 1.807) is 6.92 Å². The predicted molar refractivity (Wildman–Crippen MR) is 75.4 cm³/mol. The van der Waals surface area contributed by atoms with E-state index in [0.717, 1.165) is 11.1 Å². The van der Waals surface area contributed by atoms with Crippen molar-refractivity contribution in [2.24, 2.45) is 0 Å². The van der Waals surface area contributed by atoms with E-state index in [2.05, 4.69) is 5.32 Å². The lowest BCUT2D eigenvalue weighted by Crippen LogP contribution is -2.54. The molecular formula is C15H18N2O4. The molecule has 0 saturated carbocycles. The first kappa shape index (κ1) is 15.0. The standard InChI is InChI=1S/C15H18N2O4/c1-9(16-10(2)18)14(19)17-8-12-6-4-3-5-11(12)7-13(17)15(20)21/h3-6,9,13H,7-8H2,1-2H3,(H,16,18)(H,20,21). The fourth-order valence-electron chi connectivity index (χ4n) is 2.59. The van der Waals surface area contributed by atoms with Crippen molar-refractivity contribution in [2.45, 2.75) is 38.9 Å². The van der Waals surface area contributed by atoms with Crippen LogP contribution in [0.4, 0.5) is 0 Å². The van der Waals surface area contributed by atoms with Gasteiger partial charge < -0.3 is 15.3 Å². The van der Waals surface area contributed by atoms with Crippen LogP contribution in [0, 0.1) is 0 Å². The number of amides is 2. The molecule has 0 aromatic heterocycles. The van der Waals surface area contributed by atoms with Gasteiger partial charge in [0, 0.05) is 19.9 Å². The van der Waals surface area contributed by atoms with Crippen LogP contribution in [0.15, 0.2) is 24.3 Å². The molecule has 0 radical (unpaired) electrons. The molecule has 1 aliphatic rings. The second-order valence-electron chi connectivity index (χ2n) is 5.22. The maximum absolute atomic E-state index is 12.4. The van der Waals surface area contributed by atoms with Crippen LogP contribution in [0.25, 0.3) is 0 Å². The Morgan fingerprint density at radius 2 is 1.90 bits per heavy atom. The number of hydrogen-bond donors (Lipinski definition) is 2. The molecule has 2 rings (SSSR count). The third kappa shape index (κ3) is 3.21. The molecule has 2 amide bonds. The zero-order chi connectivity index (χ0) is 15.6. The number of rotatable bonds is 3. The van der Waals surface area contributed by atoms with Crippen molar-refractivity contribution in [1.82, 2.24) is 10.2 Å². The van der Waals surface area contributed by atoms with Gasteiger partial charge in [-0.2, -0.15) is 0 Å². The summed E-state index contributed by atoms with van der Waals surface area (Å²) in [7, 11) is 0. The quantitative estimate of drug-likeness (QED) is 0.851. The molecule has 21 heavy (non-hydrogen) atoms. The zero-order valence-electron chi connectivity index (χ0n) is 12.0. The lowest BCUT2D eigenvalue weighted by molar-refractivity contribution is -0.152. The van der Waals surface area contributed by atoms with Crippen LogP contribution in [0.2, 0.25) is 0 Å². The molecule has 1 aliphatic heterocycles. The van der Waals surface area contributed by atoms with Crippen molar-refractivity contribution in [1.29, 1.82) is 0 Å². The Bertz CT molecular complexity index is 585. The summed E-state index contributed by atoms with van der Waals surface area (Å²) in [5, 5.41) is 11.9. The number of carbonyl (C=O) groups is 3. The van der Waals surface area contributed by atoms with Crippen LogP contribution in [0.1, 0.15) is 25.0 Å². The molecule has 0 bridgehead atoms. The number of aliphatic carboxylic acids is 1. The molecule has 2 atom stereocenters. The van der Waals surface area contributed by atoms with Crippen molar-refractivity contribution in [3.8, 4) is 0 Å². The summed E-state index contributed by atoms with van der Waals surface area (Å²) in [6.07, 6.45) is 0.282. The Kier molecular flexibility index (Phi) is 4.26. The molecule has 1 aromatic carbocycles. The van der Waals surface area contributed by atoms with Gasteiger partial charge in [0.15, 0.2) is 0 Å². The molecule has 1 aromatic rings. The second kappa shape index (κ2) is 5.95. The minimum atomic E-state index is -1.03. The molecule has 0 fully saturated rings. The number of carboxylic acids is 1. The average molecular weight is 290 g/mol. The van der Waals surface area contributed by atoms with Gasteiger partial charge in [0.25, 0.3) is 0 Å². The molecule has 6 nitrogen and oxygen atoms in total. The van der Waals surface area contributed by atoms with Crippen molar-refractivity contribution in [3.05, 3.63) is 35.4 Å². The van der Waals surface area contributed by atoms with Crippen molar-refractivity contribution < 1.29 is 19.5 Å². The largest absolute Gasteiger partial charge is 0.480 e. The maximum atomic E-state index is 12.4. The number of hydrogen-bond acceptors (Lipinski definition) is 3. The van der Waals surface area contributed by atoms with Crippen molar-refractivity contribution in [3.63, 3.8) is 0 Å². The molecule has 2 N–H and O–H groups in total. The highest BCUT2D eigenvalue weighted by atomic mass is 16.4. The molecule has 0 aliphatic carbocycles. The van der Waals surface area contributed by atoms with Gasteiger partial charge in [-0.1, -0.05) is 24.3 Å². The SMILES string of the molecule is CC(=O)NC(C)C(=O)N1Cc2ccccc2CC1C(=O)O. The van der Waals surface area contributed by atoms with Crippen LogP contribution in [0.5, 0.6) is 0 Å². The zero-order valence-corrected chi connectivity index (χ0v) is 12.0. The summed E-state index contributed by atoms with van der Waals surface area (Å²) in [6, 6.07) is 5.84. The minimum absolute atomic E-state index is 0.246. The van der Waals surface area contributed by atoms with Gasteiger partial charge in [-0.3, -0.25) is 9.59 Å². The molecule has 2 unspecified atom stereocenters. The Hall–Kier alpha value is -2.37. The number of benzene rings is 1. The van der Waals surface area contributed by atoms with E-state index in [1.807, 2.05) is 24.3 Å². The first-order valence-corrected chi connectivity index (χ1v) is 6.77. The van der Waals surface area contributed by atoms with Gasteiger partial charge in [-0.25, -0.2) is 4.79 Å². The van der Waals surface area contributed by atoms with Gasteiger partial charge in [0.2, 0.25) is 11.8 Å². The van der Waals surface area contributed by atoms with Gasteiger partial charge in [-0.15, -0.1) is 0 Å². The summed E-state index contributed by atoms with van der Waals surface area (Å²) in [6.45, 7) is 3.13.